The van der Waals surface area contributed by atoms with Gasteiger partial charge in [0, 0.05) is 31.4 Å². The van der Waals surface area contributed by atoms with Crippen LogP contribution in [0.5, 0.6) is 0 Å². The highest BCUT2D eigenvalue weighted by Crippen LogP contribution is 2.27. The second-order valence-electron chi connectivity index (χ2n) is 6.77. The van der Waals surface area contributed by atoms with Crippen molar-refractivity contribution in [2.24, 2.45) is 5.73 Å². The highest BCUT2D eigenvalue weighted by molar-refractivity contribution is 5.82. The van der Waals surface area contributed by atoms with Gasteiger partial charge in [0.1, 0.15) is 0 Å². The molecule has 0 radical (unpaired) electrons. The zero-order valence-corrected chi connectivity index (χ0v) is 13.5. The zero-order chi connectivity index (χ0) is 15.5. The van der Waals surface area contributed by atoms with E-state index in [4.69, 9.17) is 5.73 Å². The lowest BCUT2D eigenvalue weighted by Gasteiger charge is -2.37. The van der Waals surface area contributed by atoms with Crippen molar-refractivity contribution < 1.29 is 4.79 Å². The summed E-state index contributed by atoms with van der Waals surface area (Å²) in [6.07, 6.45) is 7.02. The average Bonchev–Trinajstić information content (AvgIpc) is 2.54. The van der Waals surface area contributed by atoms with Crippen LogP contribution in [0.2, 0.25) is 0 Å². The fourth-order valence-corrected chi connectivity index (χ4v) is 3.82. The van der Waals surface area contributed by atoms with Crippen molar-refractivity contribution in [3.8, 4) is 0 Å². The monoisotopic (exact) mass is 301 g/mol. The predicted molar refractivity (Wildman–Crippen MR) is 90.0 cm³/mol. The first-order valence-electron chi connectivity index (χ1n) is 8.49. The molecule has 2 N–H and O–H groups in total. The van der Waals surface area contributed by atoms with Gasteiger partial charge in [-0.15, -0.1) is 0 Å². The summed E-state index contributed by atoms with van der Waals surface area (Å²) in [5.41, 5.74) is 8.60. The molecule has 1 aliphatic heterocycles. The van der Waals surface area contributed by atoms with Crippen LogP contribution in [0, 0.1) is 0 Å². The molecule has 4 heteroatoms. The molecule has 3 rings (SSSR count). The smallest absolute Gasteiger partial charge is 0.242 e. The lowest BCUT2D eigenvalue weighted by molar-refractivity contribution is -0.131. The van der Waals surface area contributed by atoms with Crippen LogP contribution in [0.3, 0.4) is 0 Å². The Balaban J connectivity index is 1.68. The topological polar surface area (TPSA) is 49.6 Å². The second kappa shape index (κ2) is 6.69. The Morgan fingerprint density at radius 2 is 2.00 bits per heavy atom. The molecule has 1 atom stereocenters. The standard InChI is InChI=1S/C18H27N3O/c1-20(16-8-3-2-4-9-16)18(22)13-21-12-15(19)11-14-7-5-6-10-17(14)21/h5-7,10,15-16H,2-4,8-9,11-13,19H2,1H3. The highest BCUT2D eigenvalue weighted by atomic mass is 16.2. The number of carbonyl (C=O) groups is 1. The zero-order valence-electron chi connectivity index (χ0n) is 13.5. The molecule has 1 aliphatic carbocycles. The normalized spacial score (nSPS) is 22.3. The molecule has 0 spiro atoms. The number of nitrogens with two attached hydrogens (primary N) is 1. The number of nitrogens with zero attached hydrogens (tertiary/aromatic N) is 2. The molecule has 1 unspecified atom stereocenters. The van der Waals surface area contributed by atoms with Crippen LogP contribution >= 0.6 is 0 Å². The van der Waals surface area contributed by atoms with Crippen molar-refractivity contribution in [3.63, 3.8) is 0 Å². The van der Waals surface area contributed by atoms with Crippen molar-refractivity contribution in [2.75, 3.05) is 25.0 Å². The molecule has 1 amide bonds. The van der Waals surface area contributed by atoms with E-state index in [0.717, 1.165) is 25.8 Å². The molecule has 22 heavy (non-hydrogen) atoms. The van der Waals surface area contributed by atoms with Gasteiger partial charge in [0.2, 0.25) is 5.91 Å². The third kappa shape index (κ3) is 3.27. The maximum Gasteiger partial charge on any atom is 0.242 e. The van der Waals surface area contributed by atoms with Crippen LogP contribution < -0.4 is 10.6 Å². The van der Waals surface area contributed by atoms with Crippen molar-refractivity contribution in [2.45, 2.75) is 50.6 Å². The van der Waals surface area contributed by atoms with Gasteiger partial charge in [-0.2, -0.15) is 0 Å². The van der Waals surface area contributed by atoms with Gasteiger partial charge in [0.25, 0.3) is 0 Å². The second-order valence-corrected chi connectivity index (χ2v) is 6.77. The average molecular weight is 301 g/mol. The van der Waals surface area contributed by atoms with E-state index in [-0.39, 0.29) is 11.9 Å². The number of carbonyl (C=O) groups excluding carboxylic acids is 1. The molecule has 1 fully saturated rings. The van der Waals surface area contributed by atoms with Gasteiger partial charge in [-0.25, -0.2) is 0 Å². The number of benzene rings is 1. The van der Waals surface area contributed by atoms with Crippen LogP contribution in [-0.2, 0) is 11.2 Å². The third-order valence-corrected chi connectivity index (χ3v) is 5.11. The largest absolute Gasteiger partial charge is 0.360 e. The van der Waals surface area contributed by atoms with Gasteiger partial charge in [0.05, 0.1) is 6.54 Å². The van der Waals surface area contributed by atoms with Gasteiger partial charge in [-0.1, -0.05) is 37.5 Å². The number of rotatable bonds is 3. The van der Waals surface area contributed by atoms with Crippen molar-refractivity contribution in [3.05, 3.63) is 29.8 Å². The SMILES string of the molecule is CN(C(=O)CN1CC(N)Cc2ccccc21)C1CCCCC1. The van der Waals surface area contributed by atoms with Crippen LogP contribution in [0.25, 0.3) is 0 Å². The van der Waals surface area contributed by atoms with Gasteiger partial charge >= 0.3 is 0 Å². The molecule has 0 aromatic heterocycles. The van der Waals surface area contributed by atoms with E-state index in [9.17, 15) is 4.79 Å². The molecule has 1 saturated carbocycles. The number of hydrogen-bond donors (Lipinski definition) is 1. The maximum absolute atomic E-state index is 12.7. The third-order valence-electron chi connectivity index (χ3n) is 5.11. The minimum Gasteiger partial charge on any atom is -0.360 e. The molecule has 1 aromatic carbocycles. The fourth-order valence-electron chi connectivity index (χ4n) is 3.82. The van der Waals surface area contributed by atoms with Crippen molar-refractivity contribution in [1.29, 1.82) is 0 Å². The van der Waals surface area contributed by atoms with Crippen LogP contribution in [-0.4, -0.2) is 43.0 Å². The summed E-state index contributed by atoms with van der Waals surface area (Å²) >= 11 is 0. The Morgan fingerprint density at radius 3 is 2.77 bits per heavy atom. The molecular formula is C18H27N3O. The molecule has 0 saturated heterocycles. The quantitative estimate of drug-likeness (QED) is 0.931. The Kier molecular flexibility index (Phi) is 4.67. The number of likely N-dealkylation sites (N-methyl/N-ethyl adjacent to an activating group) is 1. The summed E-state index contributed by atoms with van der Waals surface area (Å²) in [5.74, 6) is 0.218. The summed E-state index contributed by atoms with van der Waals surface area (Å²) < 4.78 is 0. The van der Waals surface area contributed by atoms with E-state index < -0.39 is 0 Å². The Labute approximate surface area is 133 Å². The van der Waals surface area contributed by atoms with E-state index >= 15 is 0 Å². The summed E-state index contributed by atoms with van der Waals surface area (Å²) in [6.45, 7) is 1.21. The fraction of sp³-hybridized carbons (Fsp3) is 0.611. The van der Waals surface area contributed by atoms with E-state index in [1.165, 1.54) is 30.5 Å². The summed E-state index contributed by atoms with van der Waals surface area (Å²) in [7, 11) is 1.97. The maximum atomic E-state index is 12.7. The lowest BCUT2D eigenvalue weighted by Crippen LogP contribution is -2.49. The minimum atomic E-state index is 0.114. The Hall–Kier alpha value is -1.55. The van der Waals surface area contributed by atoms with Crippen molar-refractivity contribution >= 4 is 11.6 Å². The van der Waals surface area contributed by atoms with Gasteiger partial charge < -0.3 is 15.5 Å². The molecule has 0 bridgehead atoms. The van der Waals surface area contributed by atoms with Gasteiger partial charge in [-0.05, 0) is 30.9 Å². The van der Waals surface area contributed by atoms with Gasteiger partial charge in [-0.3, -0.25) is 4.79 Å². The first kappa shape index (κ1) is 15.3. The van der Waals surface area contributed by atoms with Crippen LogP contribution in [0.4, 0.5) is 5.69 Å². The molecular weight excluding hydrogens is 274 g/mol. The molecule has 120 valence electrons. The summed E-state index contributed by atoms with van der Waals surface area (Å²) in [4.78, 5) is 16.8. The first-order valence-corrected chi connectivity index (χ1v) is 8.49. The molecule has 2 aliphatic rings. The number of anilines is 1. The number of fused-ring (bicyclic) bond motifs is 1. The van der Waals surface area contributed by atoms with E-state index in [1.54, 1.807) is 0 Å². The highest BCUT2D eigenvalue weighted by Gasteiger charge is 2.27. The summed E-state index contributed by atoms with van der Waals surface area (Å²) in [5, 5.41) is 0. The number of para-hydroxylation sites is 1. The molecule has 1 heterocycles. The number of hydrogen-bond acceptors (Lipinski definition) is 3. The van der Waals surface area contributed by atoms with E-state index in [0.29, 0.717) is 12.6 Å². The van der Waals surface area contributed by atoms with Crippen LogP contribution in [0.15, 0.2) is 24.3 Å². The van der Waals surface area contributed by atoms with Crippen molar-refractivity contribution in [1.82, 2.24) is 4.90 Å². The molecule has 1 aromatic rings. The Bertz CT molecular complexity index is 525. The van der Waals surface area contributed by atoms with Crippen LogP contribution in [0.1, 0.15) is 37.7 Å². The van der Waals surface area contributed by atoms with E-state index in [1.807, 2.05) is 24.1 Å². The number of amides is 1. The Morgan fingerprint density at radius 1 is 1.27 bits per heavy atom. The van der Waals surface area contributed by atoms with Gasteiger partial charge in [0.15, 0.2) is 0 Å². The minimum absolute atomic E-state index is 0.114. The molecule has 4 nitrogen and oxygen atoms in total. The predicted octanol–water partition coefficient (Wildman–Crippen LogP) is 2.17. The summed E-state index contributed by atoms with van der Waals surface area (Å²) in [6, 6.07) is 8.85. The lowest BCUT2D eigenvalue weighted by atomic mass is 9.94. The first-order chi connectivity index (χ1) is 10.6. The van der Waals surface area contributed by atoms with E-state index in [2.05, 4.69) is 17.0 Å².